The third kappa shape index (κ3) is 2.54. The van der Waals surface area contributed by atoms with Gasteiger partial charge in [0, 0.05) is 12.3 Å². The predicted octanol–water partition coefficient (Wildman–Crippen LogP) is 2.35. The summed E-state index contributed by atoms with van der Waals surface area (Å²) in [5.41, 5.74) is 1.29. The number of carbonyl (C=O) groups excluding carboxylic acids is 1. The molecule has 1 N–H and O–H groups in total. The third-order valence-electron chi connectivity index (χ3n) is 3.36. The van der Waals surface area contributed by atoms with Gasteiger partial charge in [0.25, 0.3) is 0 Å². The molecule has 17 heavy (non-hydrogen) atoms. The molecule has 0 heterocycles. The number of nitriles is 1. The molecule has 2 atom stereocenters. The molecule has 1 aromatic rings. The van der Waals surface area contributed by atoms with Gasteiger partial charge < -0.3 is 5.11 Å². The van der Waals surface area contributed by atoms with Crippen LogP contribution in [0.4, 0.5) is 0 Å². The number of benzene rings is 1. The Morgan fingerprint density at radius 3 is 2.59 bits per heavy atom. The van der Waals surface area contributed by atoms with E-state index in [1.807, 2.05) is 6.07 Å². The fourth-order valence-corrected chi connectivity index (χ4v) is 2.33. The molecule has 0 unspecified atom stereocenters. The van der Waals surface area contributed by atoms with E-state index in [0.717, 1.165) is 24.8 Å². The average Bonchev–Trinajstić information content (AvgIpc) is 2.39. The zero-order valence-electron chi connectivity index (χ0n) is 9.60. The Kier molecular flexibility index (Phi) is 3.55. The van der Waals surface area contributed by atoms with Crippen LogP contribution in [0.15, 0.2) is 24.3 Å². The van der Waals surface area contributed by atoms with Crippen LogP contribution >= 0.6 is 0 Å². The van der Waals surface area contributed by atoms with Crippen molar-refractivity contribution < 1.29 is 9.90 Å². The number of rotatable bonds is 2. The van der Waals surface area contributed by atoms with Gasteiger partial charge in [0.15, 0.2) is 0 Å². The largest absolute Gasteiger partial charge is 0.388 e. The second-order valence-electron chi connectivity index (χ2n) is 4.50. The Bertz CT molecular complexity index is 444. The van der Waals surface area contributed by atoms with Gasteiger partial charge in [-0.2, -0.15) is 5.26 Å². The number of Topliss-reactive ketones (excluding diaryl/α,β-unsaturated/α-hetero) is 1. The third-order valence-corrected chi connectivity index (χ3v) is 3.36. The summed E-state index contributed by atoms with van der Waals surface area (Å²) in [6.07, 6.45) is 2.56. The summed E-state index contributed by atoms with van der Waals surface area (Å²) in [5.74, 6) is -0.107. The van der Waals surface area contributed by atoms with Gasteiger partial charge >= 0.3 is 0 Å². The molecule has 0 aromatic heterocycles. The van der Waals surface area contributed by atoms with E-state index >= 15 is 0 Å². The minimum Gasteiger partial charge on any atom is -0.388 e. The van der Waals surface area contributed by atoms with E-state index in [1.54, 1.807) is 24.3 Å². The highest BCUT2D eigenvalue weighted by atomic mass is 16.3. The minimum absolute atomic E-state index is 0.160. The zero-order chi connectivity index (χ0) is 12.3. The van der Waals surface area contributed by atoms with Gasteiger partial charge in [0.1, 0.15) is 5.78 Å². The first-order valence-corrected chi connectivity index (χ1v) is 5.93. The number of aliphatic hydroxyl groups is 1. The van der Waals surface area contributed by atoms with E-state index in [4.69, 9.17) is 5.26 Å². The van der Waals surface area contributed by atoms with Crippen LogP contribution in [0.1, 0.15) is 42.9 Å². The van der Waals surface area contributed by atoms with Crippen LogP contribution in [0.25, 0.3) is 0 Å². The lowest BCUT2D eigenvalue weighted by Crippen LogP contribution is -2.25. The van der Waals surface area contributed by atoms with Gasteiger partial charge in [0.05, 0.1) is 17.7 Å². The highest BCUT2D eigenvalue weighted by Gasteiger charge is 2.29. The van der Waals surface area contributed by atoms with Crippen LogP contribution in [0.3, 0.4) is 0 Å². The molecule has 0 aliphatic heterocycles. The summed E-state index contributed by atoms with van der Waals surface area (Å²) < 4.78 is 0. The first-order chi connectivity index (χ1) is 8.22. The Labute approximate surface area is 101 Å². The van der Waals surface area contributed by atoms with Gasteiger partial charge in [-0.1, -0.05) is 18.6 Å². The van der Waals surface area contributed by atoms with E-state index in [2.05, 4.69) is 0 Å². The van der Waals surface area contributed by atoms with Crippen molar-refractivity contribution in [2.45, 2.75) is 31.8 Å². The van der Waals surface area contributed by atoms with Crippen molar-refractivity contribution in [3.8, 4) is 6.07 Å². The second kappa shape index (κ2) is 5.11. The lowest BCUT2D eigenvalue weighted by Gasteiger charge is -2.25. The average molecular weight is 229 g/mol. The predicted molar refractivity (Wildman–Crippen MR) is 63.1 cm³/mol. The quantitative estimate of drug-likeness (QED) is 0.846. The fourth-order valence-electron chi connectivity index (χ4n) is 2.33. The van der Waals surface area contributed by atoms with E-state index in [9.17, 15) is 9.90 Å². The Morgan fingerprint density at radius 1 is 1.29 bits per heavy atom. The molecule has 0 bridgehead atoms. The molecule has 0 amide bonds. The van der Waals surface area contributed by atoms with Crippen LogP contribution < -0.4 is 0 Å². The molecule has 1 aromatic carbocycles. The monoisotopic (exact) mass is 229 g/mol. The molecule has 1 aliphatic rings. The van der Waals surface area contributed by atoms with Crippen molar-refractivity contribution >= 4 is 5.78 Å². The molecule has 0 saturated heterocycles. The first-order valence-electron chi connectivity index (χ1n) is 5.93. The van der Waals surface area contributed by atoms with Crippen molar-refractivity contribution in [2.75, 3.05) is 0 Å². The number of nitrogens with zero attached hydrogens (tertiary/aromatic N) is 1. The summed E-state index contributed by atoms with van der Waals surface area (Å²) in [6.45, 7) is 0. The molecule has 1 aliphatic carbocycles. The van der Waals surface area contributed by atoms with Crippen molar-refractivity contribution in [1.82, 2.24) is 0 Å². The SMILES string of the molecule is N#Cc1ccc([C@@H](O)[C@H]2CCCCC2=O)cc1. The van der Waals surface area contributed by atoms with Crippen molar-refractivity contribution in [2.24, 2.45) is 5.92 Å². The maximum absolute atomic E-state index is 11.7. The zero-order valence-corrected chi connectivity index (χ0v) is 9.60. The molecule has 2 rings (SSSR count). The Balaban J connectivity index is 2.15. The maximum Gasteiger partial charge on any atom is 0.138 e. The van der Waals surface area contributed by atoms with Gasteiger partial charge in [0.2, 0.25) is 0 Å². The Morgan fingerprint density at radius 2 is 2.00 bits per heavy atom. The molecular formula is C14H15NO2. The smallest absolute Gasteiger partial charge is 0.138 e. The first kappa shape index (κ1) is 11.8. The van der Waals surface area contributed by atoms with E-state index in [-0.39, 0.29) is 11.7 Å². The minimum atomic E-state index is -0.726. The van der Waals surface area contributed by atoms with Gasteiger partial charge in [-0.15, -0.1) is 0 Å². The number of ketones is 1. The summed E-state index contributed by atoms with van der Waals surface area (Å²) in [4.78, 5) is 11.7. The maximum atomic E-state index is 11.7. The van der Waals surface area contributed by atoms with Crippen molar-refractivity contribution in [3.05, 3.63) is 35.4 Å². The number of aliphatic hydroxyl groups excluding tert-OH is 1. The molecular weight excluding hydrogens is 214 g/mol. The standard InChI is InChI=1S/C14H15NO2/c15-9-10-5-7-11(8-6-10)14(17)12-3-1-2-4-13(12)16/h5-8,12,14,17H,1-4H2/t12-,14+/m0/s1. The second-order valence-corrected chi connectivity index (χ2v) is 4.50. The van der Waals surface area contributed by atoms with Crippen LogP contribution in [0, 0.1) is 17.2 Å². The lowest BCUT2D eigenvalue weighted by molar-refractivity contribution is -0.128. The van der Waals surface area contributed by atoms with Crippen molar-refractivity contribution in [3.63, 3.8) is 0 Å². The number of hydrogen-bond acceptors (Lipinski definition) is 3. The highest BCUT2D eigenvalue weighted by molar-refractivity contribution is 5.82. The number of carbonyl (C=O) groups is 1. The van der Waals surface area contributed by atoms with Gasteiger partial charge in [-0.05, 0) is 30.5 Å². The van der Waals surface area contributed by atoms with Crippen LogP contribution in [0.2, 0.25) is 0 Å². The normalized spacial score (nSPS) is 21.9. The highest BCUT2D eigenvalue weighted by Crippen LogP contribution is 2.32. The molecule has 0 spiro atoms. The summed E-state index contributed by atoms with van der Waals surface area (Å²) >= 11 is 0. The van der Waals surface area contributed by atoms with Crippen LogP contribution in [-0.2, 0) is 4.79 Å². The molecule has 88 valence electrons. The molecule has 0 radical (unpaired) electrons. The van der Waals surface area contributed by atoms with Gasteiger partial charge in [-0.25, -0.2) is 0 Å². The van der Waals surface area contributed by atoms with Gasteiger partial charge in [-0.3, -0.25) is 4.79 Å². The van der Waals surface area contributed by atoms with E-state index in [0.29, 0.717) is 12.0 Å². The topological polar surface area (TPSA) is 61.1 Å². The summed E-state index contributed by atoms with van der Waals surface area (Å²) in [5, 5.41) is 18.9. The van der Waals surface area contributed by atoms with Crippen LogP contribution in [-0.4, -0.2) is 10.9 Å². The molecule has 3 nitrogen and oxygen atoms in total. The molecule has 1 fully saturated rings. The van der Waals surface area contributed by atoms with Crippen LogP contribution in [0.5, 0.6) is 0 Å². The van der Waals surface area contributed by atoms with E-state index in [1.165, 1.54) is 0 Å². The molecule has 3 heteroatoms. The fraction of sp³-hybridized carbons (Fsp3) is 0.429. The lowest BCUT2D eigenvalue weighted by atomic mass is 9.81. The Hall–Kier alpha value is -1.66. The number of hydrogen-bond donors (Lipinski definition) is 1. The molecule has 1 saturated carbocycles. The summed E-state index contributed by atoms with van der Waals surface area (Å²) in [6, 6.07) is 8.83. The van der Waals surface area contributed by atoms with Crippen molar-refractivity contribution in [1.29, 1.82) is 5.26 Å². The van der Waals surface area contributed by atoms with E-state index < -0.39 is 6.10 Å². The summed E-state index contributed by atoms with van der Waals surface area (Å²) in [7, 11) is 0.